The minimum atomic E-state index is -1.10. The zero-order chi connectivity index (χ0) is 16.8. The van der Waals surface area contributed by atoms with E-state index in [0.717, 1.165) is 10.6 Å². The number of anilines is 1. The number of carbonyl (C=O) groups is 3. The second-order valence-electron chi connectivity index (χ2n) is 5.00. The Bertz CT molecular complexity index is 607. The molecule has 2 rings (SSSR count). The van der Waals surface area contributed by atoms with E-state index in [2.05, 4.69) is 5.32 Å². The number of amides is 2. The highest BCUT2D eigenvalue weighted by atomic mass is 32.2. The number of hydrogen-bond donors (Lipinski definition) is 2. The van der Waals surface area contributed by atoms with Gasteiger partial charge in [0, 0.05) is 25.0 Å². The second kappa shape index (κ2) is 7.98. The SMILES string of the molecule is COCCN(CC(=O)O)C(=O)C[C@@H]1Sc2ccccc2NC1=O. The van der Waals surface area contributed by atoms with Crippen LogP contribution < -0.4 is 5.32 Å². The van der Waals surface area contributed by atoms with Crippen molar-refractivity contribution in [1.82, 2.24) is 4.90 Å². The smallest absolute Gasteiger partial charge is 0.323 e. The van der Waals surface area contributed by atoms with E-state index in [1.807, 2.05) is 18.2 Å². The Morgan fingerprint density at radius 2 is 2.13 bits per heavy atom. The van der Waals surface area contributed by atoms with Crippen LogP contribution in [0.15, 0.2) is 29.2 Å². The topological polar surface area (TPSA) is 95.9 Å². The van der Waals surface area contributed by atoms with Crippen molar-refractivity contribution >= 4 is 35.2 Å². The number of rotatable bonds is 7. The molecule has 2 amide bonds. The first-order valence-electron chi connectivity index (χ1n) is 7.06. The Morgan fingerprint density at radius 3 is 2.83 bits per heavy atom. The number of nitrogens with one attached hydrogen (secondary N) is 1. The summed E-state index contributed by atoms with van der Waals surface area (Å²) in [5.74, 6) is -1.72. The van der Waals surface area contributed by atoms with Crippen LogP contribution in [0.5, 0.6) is 0 Å². The van der Waals surface area contributed by atoms with Gasteiger partial charge in [-0.1, -0.05) is 12.1 Å². The number of para-hydroxylation sites is 1. The zero-order valence-corrected chi connectivity index (χ0v) is 13.5. The van der Waals surface area contributed by atoms with Crippen LogP contribution in [-0.2, 0) is 19.1 Å². The summed E-state index contributed by atoms with van der Waals surface area (Å²) in [6.45, 7) is 0.0148. The predicted molar refractivity (Wildman–Crippen MR) is 85.4 cm³/mol. The largest absolute Gasteiger partial charge is 0.480 e. The summed E-state index contributed by atoms with van der Waals surface area (Å²) in [6, 6.07) is 7.35. The highest BCUT2D eigenvalue weighted by Gasteiger charge is 2.30. The molecule has 1 heterocycles. The van der Waals surface area contributed by atoms with E-state index in [1.165, 1.54) is 23.8 Å². The van der Waals surface area contributed by atoms with Crippen molar-refractivity contribution < 1.29 is 24.2 Å². The van der Waals surface area contributed by atoms with Crippen molar-refractivity contribution in [2.45, 2.75) is 16.6 Å². The number of thioether (sulfide) groups is 1. The highest BCUT2D eigenvalue weighted by molar-refractivity contribution is 8.01. The molecule has 0 bridgehead atoms. The van der Waals surface area contributed by atoms with Gasteiger partial charge in [-0.25, -0.2) is 0 Å². The molecular formula is C15H18N2O5S. The lowest BCUT2D eigenvalue weighted by Gasteiger charge is -2.26. The number of carbonyl (C=O) groups excluding carboxylic acids is 2. The number of methoxy groups -OCH3 is 1. The number of fused-ring (bicyclic) bond motifs is 1. The van der Waals surface area contributed by atoms with Crippen LogP contribution in [0.1, 0.15) is 6.42 Å². The van der Waals surface area contributed by atoms with Crippen molar-refractivity contribution in [3.05, 3.63) is 24.3 Å². The predicted octanol–water partition coefficient (Wildman–Crippen LogP) is 1.05. The molecule has 1 atom stereocenters. The van der Waals surface area contributed by atoms with Crippen LogP contribution in [0.2, 0.25) is 0 Å². The van der Waals surface area contributed by atoms with Crippen molar-refractivity contribution in [3.63, 3.8) is 0 Å². The van der Waals surface area contributed by atoms with E-state index in [1.54, 1.807) is 6.07 Å². The molecule has 1 aliphatic heterocycles. The maximum absolute atomic E-state index is 12.3. The number of benzene rings is 1. The normalized spacial score (nSPS) is 16.4. The van der Waals surface area contributed by atoms with Crippen LogP contribution >= 0.6 is 11.8 Å². The first-order chi connectivity index (χ1) is 11.0. The number of hydrogen-bond acceptors (Lipinski definition) is 5. The Morgan fingerprint density at radius 1 is 1.39 bits per heavy atom. The fourth-order valence-corrected chi connectivity index (χ4v) is 3.27. The molecule has 8 heteroatoms. The third-order valence-electron chi connectivity index (χ3n) is 3.31. The maximum Gasteiger partial charge on any atom is 0.323 e. The quantitative estimate of drug-likeness (QED) is 0.771. The van der Waals surface area contributed by atoms with Gasteiger partial charge in [0.1, 0.15) is 6.54 Å². The molecule has 0 saturated heterocycles. The molecule has 0 saturated carbocycles. The van der Waals surface area contributed by atoms with Gasteiger partial charge in [-0.3, -0.25) is 14.4 Å². The minimum Gasteiger partial charge on any atom is -0.480 e. The van der Waals surface area contributed by atoms with E-state index in [0.29, 0.717) is 0 Å². The molecule has 124 valence electrons. The summed E-state index contributed by atoms with van der Waals surface area (Å²) in [4.78, 5) is 37.4. The van der Waals surface area contributed by atoms with Gasteiger partial charge in [0.05, 0.1) is 17.5 Å². The molecule has 1 aromatic rings. The van der Waals surface area contributed by atoms with E-state index in [9.17, 15) is 14.4 Å². The number of carboxylic acids is 1. The average molecular weight is 338 g/mol. The van der Waals surface area contributed by atoms with Crippen LogP contribution in [-0.4, -0.2) is 59.8 Å². The summed E-state index contributed by atoms with van der Waals surface area (Å²) in [7, 11) is 1.48. The van der Waals surface area contributed by atoms with E-state index >= 15 is 0 Å². The molecule has 0 fully saturated rings. The molecule has 1 aromatic carbocycles. The minimum absolute atomic E-state index is 0.0537. The van der Waals surface area contributed by atoms with Gasteiger partial charge < -0.3 is 20.1 Å². The molecule has 1 aliphatic rings. The molecule has 0 aliphatic carbocycles. The summed E-state index contributed by atoms with van der Waals surface area (Å²) >= 11 is 1.32. The van der Waals surface area contributed by atoms with Gasteiger partial charge >= 0.3 is 5.97 Å². The van der Waals surface area contributed by atoms with Gasteiger partial charge in [0.25, 0.3) is 0 Å². The Balaban J connectivity index is 2.03. The van der Waals surface area contributed by atoms with E-state index < -0.39 is 17.8 Å². The summed E-state index contributed by atoms with van der Waals surface area (Å²) in [6.07, 6.45) is -0.0537. The van der Waals surface area contributed by atoms with E-state index in [4.69, 9.17) is 9.84 Å². The highest BCUT2D eigenvalue weighted by Crippen LogP contribution is 2.36. The molecule has 0 radical (unpaired) electrons. The van der Waals surface area contributed by atoms with Crippen LogP contribution in [0, 0.1) is 0 Å². The van der Waals surface area contributed by atoms with Crippen molar-refractivity contribution in [1.29, 1.82) is 0 Å². The Hall–Kier alpha value is -2.06. The standard InChI is InChI=1S/C15H18N2O5S/c1-22-7-6-17(9-14(19)20)13(18)8-12-15(21)16-10-4-2-3-5-11(10)23-12/h2-5,12H,6-9H2,1H3,(H,16,21)(H,19,20)/t12-/m0/s1. The molecule has 0 unspecified atom stereocenters. The molecule has 0 aromatic heterocycles. The van der Waals surface area contributed by atoms with Crippen molar-refractivity contribution in [2.24, 2.45) is 0 Å². The monoisotopic (exact) mass is 338 g/mol. The summed E-state index contributed by atoms with van der Waals surface area (Å²) in [5, 5.41) is 11.1. The van der Waals surface area contributed by atoms with Gasteiger partial charge in [0.2, 0.25) is 11.8 Å². The van der Waals surface area contributed by atoms with Gasteiger partial charge in [-0.15, -0.1) is 11.8 Å². The molecule has 0 spiro atoms. The van der Waals surface area contributed by atoms with E-state index in [-0.39, 0.29) is 31.4 Å². The lowest BCUT2D eigenvalue weighted by Crippen LogP contribution is -2.41. The third kappa shape index (κ3) is 4.70. The van der Waals surface area contributed by atoms with Crippen LogP contribution in [0.4, 0.5) is 5.69 Å². The number of nitrogens with zero attached hydrogens (tertiary/aromatic N) is 1. The number of carboxylic acid groups (broad SMARTS) is 1. The number of ether oxygens (including phenoxy) is 1. The Kier molecular flexibility index (Phi) is 6.00. The van der Waals surface area contributed by atoms with Gasteiger partial charge in [-0.2, -0.15) is 0 Å². The first kappa shape index (κ1) is 17.3. The van der Waals surface area contributed by atoms with Gasteiger partial charge in [-0.05, 0) is 12.1 Å². The lowest BCUT2D eigenvalue weighted by molar-refractivity contribution is -0.145. The van der Waals surface area contributed by atoms with Crippen LogP contribution in [0.25, 0.3) is 0 Å². The third-order valence-corrected chi connectivity index (χ3v) is 4.59. The molecule has 23 heavy (non-hydrogen) atoms. The van der Waals surface area contributed by atoms with Crippen molar-refractivity contribution in [2.75, 3.05) is 32.1 Å². The zero-order valence-electron chi connectivity index (χ0n) is 12.7. The van der Waals surface area contributed by atoms with Crippen molar-refractivity contribution in [3.8, 4) is 0 Å². The Labute approximate surface area is 138 Å². The van der Waals surface area contributed by atoms with Crippen LogP contribution in [0.3, 0.4) is 0 Å². The summed E-state index contributed by atoms with van der Waals surface area (Å²) in [5.41, 5.74) is 0.730. The molecule has 7 nitrogen and oxygen atoms in total. The lowest BCUT2D eigenvalue weighted by atomic mass is 10.2. The second-order valence-corrected chi connectivity index (χ2v) is 6.24. The van der Waals surface area contributed by atoms with Gasteiger partial charge in [0.15, 0.2) is 0 Å². The number of aliphatic carboxylic acids is 1. The average Bonchev–Trinajstić information content (AvgIpc) is 2.51. The first-order valence-corrected chi connectivity index (χ1v) is 7.94. The fourth-order valence-electron chi connectivity index (χ4n) is 2.17. The molecule has 2 N–H and O–H groups in total. The fraction of sp³-hybridized carbons (Fsp3) is 0.400. The maximum atomic E-state index is 12.3. The summed E-state index contributed by atoms with van der Waals surface area (Å²) < 4.78 is 4.89. The molecular weight excluding hydrogens is 320 g/mol.